The van der Waals surface area contributed by atoms with Crippen molar-refractivity contribution in [2.24, 2.45) is 0 Å². The van der Waals surface area contributed by atoms with Crippen molar-refractivity contribution in [3.8, 4) is 0 Å². The first kappa shape index (κ1) is 15.3. The number of anilines is 1. The number of halogens is 1. The lowest BCUT2D eigenvalue weighted by Crippen LogP contribution is -2.29. The molecule has 2 rings (SSSR count). The minimum Gasteiger partial charge on any atom is -0.361 e. The first-order valence-corrected chi connectivity index (χ1v) is 7.12. The third kappa shape index (κ3) is 4.43. The van der Waals surface area contributed by atoms with Crippen LogP contribution in [0.2, 0.25) is 5.15 Å². The van der Waals surface area contributed by atoms with E-state index in [0.717, 1.165) is 11.1 Å². The largest absolute Gasteiger partial charge is 0.361 e. The monoisotopic (exact) mass is 304 g/mol. The lowest BCUT2D eigenvalue weighted by Gasteiger charge is -2.10. The summed E-state index contributed by atoms with van der Waals surface area (Å²) in [6.45, 7) is 2.62. The molecule has 110 valence electrons. The van der Waals surface area contributed by atoms with Crippen molar-refractivity contribution in [3.05, 3.63) is 52.9 Å². The van der Waals surface area contributed by atoms with E-state index in [4.69, 9.17) is 11.6 Å². The normalized spacial score (nSPS) is 10.2. The summed E-state index contributed by atoms with van der Waals surface area (Å²) in [6.07, 6.45) is 2.08. The maximum atomic E-state index is 11.8. The van der Waals surface area contributed by atoms with Gasteiger partial charge in [-0.2, -0.15) is 0 Å². The highest BCUT2D eigenvalue weighted by Crippen LogP contribution is 2.19. The molecule has 2 N–H and O–H groups in total. The standard InChI is InChI=1S/C15H17ClN4O/c1-2-12-14(16)19-10-20-15(12)18-9-13(21)17-8-11-6-4-3-5-7-11/h3-7,10H,2,8-9H2,1H3,(H,17,21)(H,18,19,20). The number of benzene rings is 1. The van der Waals surface area contributed by atoms with Crippen LogP contribution >= 0.6 is 11.6 Å². The highest BCUT2D eigenvalue weighted by molar-refractivity contribution is 6.30. The minimum absolute atomic E-state index is 0.101. The fourth-order valence-electron chi connectivity index (χ4n) is 1.88. The predicted molar refractivity (Wildman–Crippen MR) is 83.2 cm³/mol. The number of rotatable bonds is 6. The van der Waals surface area contributed by atoms with Gasteiger partial charge in [0.2, 0.25) is 5.91 Å². The molecule has 0 spiro atoms. The Morgan fingerprint density at radius 1 is 1.24 bits per heavy atom. The molecule has 1 aromatic carbocycles. The molecule has 0 atom stereocenters. The Bertz CT molecular complexity index is 604. The Morgan fingerprint density at radius 3 is 2.71 bits per heavy atom. The Balaban J connectivity index is 1.86. The second-order valence-corrected chi connectivity index (χ2v) is 4.82. The predicted octanol–water partition coefficient (Wildman–Crippen LogP) is 2.42. The van der Waals surface area contributed by atoms with Gasteiger partial charge in [-0.25, -0.2) is 9.97 Å². The number of amides is 1. The molecule has 0 aliphatic carbocycles. The lowest BCUT2D eigenvalue weighted by atomic mass is 10.2. The summed E-state index contributed by atoms with van der Waals surface area (Å²) in [7, 11) is 0. The fourth-order valence-corrected chi connectivity index (χ4v) is 2.15. The lowest BCUT2D eigenvalue weighted by molar-refractivity contribution is -0.119. The average Bonchev–Trinajstić information content (AvgIpc) is 2.52. The molecule has 5 nitrogen and oxygen atoms in total. The van der Waals surface area contributed by atoms with Gasteiger partial charge < -0.3 is 10.6 Å². The van der Waals surface area contributed by atoms with E-state index < -0.39 is 0 Å². The minimum atomic E-state index is -0.101. The number of nitrogens with zero attached hydrogens (tertiary/aromatic N) is 2. The maximum absolute atomic E-state index is 11.8. The van der Waals surface area contributed by atoms with E-state index in [0.29, 0.717) is 23.9 Å². The molecule has 0 saturated heterocycles. The van der Waals surface area contributed by atoms with Crippen molar-refractivity contribution in [3.63, 3.8) is 0 Å². The quantitative estimate of drug-likeness (QED) is 0.804. The molecule has 0 aliphatic rings. The van der Waals surface area contributed by atoms with Crippen LogP contribution in [0.4, 0.5) is 5.82 Å². The molecule has 0 aliphatic heterocycles. The van der Waals surface area contributed by atoms with Gasteiger partial charge in [-0.15, -0.1) is 0 Å². The van der Waals surface area contributed by atoms with Crippen LogP contribution in [-0.4, -0.2) is 22.4 Å². The van der Waals surface area contributed by atoms with Crippen molar-refractivity contribution in [2.45, 2.75) is 19.9 Å². The molecular formula is C15H17ClN4O. The van der Waals surface area contributed by atoms with Crippen molar-refractivity contribution in [1.82, 2.24) is 15.3 Å². The van der Waals surface area contributed by atoms with Crippen LogP contribution in [0, 0.1) is 0 Å². The number of nitrogens with one attached hydrogen (secondary N) is 2. The number of aromatic nitrogens is 2. The summed E-state index contributed by atoms with van der Waals surface area (Å²) < 4.78 is 0. The van der Waals surface area contributed by atoms with Crippen LogP contribution < -0.4 is 10.6 Å². The summed E-state index contributed by atoms with van der Waals surface area (Å²) in [5.41, 5.74) is 1.88. The van der Waals surface area contributed by atoms with Gasteiger partial charge in [-0.1, -0.05) is 48.9 Å². The summed E-state index contributed by atoms with van der Waals surface area (Å²) in [5, 5.41) is 6.25. The van der Waals surface area contributed by atoms with E-state index in [1.165, 1.54) is 6.33 Å². The molecule has 1 aromatic heterocycles. The van der Waals surface area contributed by atoms with E-state index in [1.54, 1.807) is 0 Å². The zero-order valence-corrected chi connectivity index (χ0v) is 12.5. The first-order chi connectivity index (χ1) is 10.2. The number of hydrogen-bond acceptors (Lipinski definition) is 4. The Hall–Kier alpha value is -2.14. The summed E-state index contributed by atoms with van der Waals surface area (Å²) in [6, 6.07) is 9.75. The molecule has 2 aromatic rings. The van der Waals surface area contributed by atoms with Gasteiger partial charge in [0.1, 0.15) is 17.3 Å². The van der Waals surface area contributed by atoms with Crippen LogP contribution in [0.5, 0.6) is 0 Å². The first-order valence-electron chi connectivity index (χ1n) is 6.74. The summed E-state index contributed by atoms with van der Waals surface area (Å²) in [5.74, 6) is 0.503. The van der Waals surface area contributed by atoms with E-state index in [9.17, 15) is 4.79 Å². The van der Waals surface area contributed by atoms with Crippen LogP contribution in [0.25, 0.3) is 0 Å². The molecule has 0 fully saturated rings. The third-order valence-corrected chi connectivity index (χ3v) is 3.32. The topological polar surface area (TPSA) is 66.9 Å². The molecule has 0 saturated carbocycles. The van der Waals surface area contributed by atoms with Gasteiger partial charge >= 0.3 is 0 Å². The van der Waals surface area contributed by atoms with E-state index in [2.05, 4.69) is 20.6 Å². The van der Waals surface area contributed by atoms with Crippen LogP contribution in [-0.2, 0) is 17.8 Å². The smallest absolute Gasteiger partial charge is 0.239 e. The highest BCUT2D eigenvalue weighted by atomic mass is 35.5. The number of carbonyl (C=O) groups is 1. The molecule has 0 bridgehead atoms. The van der Waals surface area contributed by atoms with Crippen molar-refractivity contribution >= 4 is 23.3 Å². The molecule has 0 unspecified atom stereocenters. The van der Waals surface area contributed by atoms with Gasteiger partial charge in [0.05, 0.1) is 6.54 Å². The zero-order valence-electron chi connectivity index (χ0n) is 11.8. The summed E-state index contributed by atoms with van der Waals surface area (Å²) in [4.78, 5) is 19.9. The fraction of sp³-hybridized carbons (Fsp3) is 0.267. The van der Waals surface area contributed by atoms with Crippen LogP contribution in [0.1, 0.15) is 18.1 Å². The maximum Gasteiger partial charge on any atom is 0.239 e. The van der Waals surface area contributed by atoms with Gasteiger partial charge in [-0.3, -0.25) is 4.79 Å². The molecule has 0 radical (unpaired) electrons. The zero-order chi connectivity index (χ0) is 15.1. The van der Waals surface area contributed by atoms with Crippen molar-refractivity contribution in [2.75, 3.05) is 11.9 Å². The SMILES string of the molecule is CCc1c(Cl)ncnc1NCC(=O)NCc1ccccc1. The van der Waals surface area contributed by atoms with Gasteiger partial charge in [0.15, 0.2) is 0 Å². The molecule has 1 heterocycles. The average molecular weight is 305 g/mol. The molecule has 6 heteroatoms. The highest BCUT2D eigenvalue weighted by Gasteiger charge is 2.09. The summed E-state index contributed by atoms with van der Waals surface area (Å²) >= 11 is 5.99. The van der Waals surface area contributed by atoms with E-state index >= 15 is 0 Å². The number of hydrogen-bond donors (Lipinski definition) is 2. The Morgan fingerprint density at radius 2 is 2.00 bits per heavy atom. The Kier molecular flexibility index (Phi) is 5.51. The second kappa shape index (κ2) is 7.59. The van der Waals surface area contributed by atoms with Crippen LogP contribution in [0.15, 0.2) is 36.7 Å². The second-order valence-electron chi connectivity index (χ2n) is 4.46. The van der Waals surface area contributed by atoms with Crippen LogP contribution in [0.3, 0.4) is 0 Å². The van der Waals surface area contributed by atoms with Crippen molar-refractivity contribution < 1.29 is 4.79 Å². The molecule has 1 amide bonds. The molecule has 21 heavy (non-hydrogen) atoms. The van der Waals surface area contributed by atoms with Gasteiger partial charge in [0.25, 0.3) is 0 Å². The number of carbonyl (C=O) groups excluding carboxylic acids is 1. The Labute approximate surface area is 128 Å². The van der Waals surface area contributed by atoms with Gasteiger partial charge in [-0.05, 0) is 12.0 Å². The van der Waals surface area contributed by atoms with E-state index in [1.807, 2.05) is 37.3 Å². The van der Waals surface area contributed by atoms with Crippen molar-refractivity contribution in [1.29, 1.82) is 0 Å². The third-order valence-electron chi connectivity index (χ3n) is 3.00. The molecular weight excluding hydrogens is 288 g/mol. The van der Waals surface area contributed by atoms with Gasteiger partial charge in [0, 0.05) is 12.1 Å². The van der Waals surface area contributed by atoms with E-state index in [-0.39, 0.29) is 12.5 Å².